The van der Waals surface area contributed by atoms with Crippen LogP contribution < -0.4 is 0 Å². The van der Waals surface area contributed by atoms with Crippen LogP contribution in [0.4, 0.5) is 0 Å². The molecule has 0 bridgehead atoms. The standard InChI is InChI=1S/C21H43NO2/c1-4-7-9-11-13-15-18-22(20(17-6-3)21(23)24)19-16-14-12-10-8-5-2/h20H,4-19H2,1-3H3,(H,23,24). The van der Waals surface area contributed by atoms with Crippen LogP contribution in [0.25, 0.3) is 0 Å². The second kappa shape index (κ2) is 17.3. The summed E-state index contributed by atoms with van der Waals surface area (Å²) in [5.74, 6) is -0.631. The molecule has 3 nitrogen and oxygen atoms in total. The average molecular weight is 342 g/mol. The Morgan fingerprint density at radius 2 is 1.12 bits per heavy atom. The van der Waals surface area contributed by atoms with Gasteiger partial charge in [0.05, 0.1) is 0 Å². The maximum absolute atomic E-state index is 11.6. The molecule has 0 saturated carbocycles. The molecule has 0 spiro atoms. The Labute approximate surface area is 151 Å². The molecular weight excluding hydrogens is 298 g/mol. The van der Waals surface area contributed by atoms with Gasteiger partial charge in [-0.25, -0.2) is 0 Å². The Bertz CT molecular complexity index is 265. The molecule has 0 rings (SSSR count). The molecule has 144 valence electrons. The molecule has 0 aliphatic rings. The predicted octanol–water partition coefficient (Wildman–Crippen LogP) is 6.26. The first-order valence-corrected chi connectivity index (χ1v) is 10.6. The first kappa shape index (κ1) is 23.4. The van der Waals surface area contributed by atoms with Gasteiger partial charge in [0.1, 0.15) is 6.04 Å². The van der Waals surface area contributed by atoms with Gasteiger partial charge in [-0.15, -0.1) is 0 Å². The van der Waals surface area contributed by atoms with E-state index >= 15 is 0 Å². The quantitative estimate of drug-likeness (QED) is 0.299. The average Bonchev–Trinajstić information content (AvgIpc) is 2.57. The summed E-state index contributed by atoms with van der Waals surface area (Å²) in [6.07, 6.45) is 17.0. The molecule has 0 saturated heterocycles. The first-order valence-electron chi connectivity index (χ1n) is 10.6. The van der Waals surface area contributed by atoms with E-state index in [4.69, 9.17) is 0 Å². The zero-order valence-electron chi connectivity index (χ0n) is 16.7. The lowest BCUT2D eigenvalue weighted by molar-refractivity contribution is -0.143. The number of hydrogen-bond donors (Lipinski definition) is 1. The largest absolute Gasteiger partial charge is 0.480 e. The van der Waals surface area contributed by atoms with Crippen molar-refractivity contribution in [3.63, 3.8) is 0 Å². The molecule has 24 heavy (non-hydrogen) atoms. The molecule has 0 amide bonds. The van der Waals surface area contributed by atoms with E-state index in [1.165, 1.54) is 64.2 Å². The maximum atomic E-state index is 11.6. The summed E-state index contributed by atoms with van der Waals surface area (Å²) in [7, 11) is 0. The van der Waals surface area contributed by atoms with Crippen LogP contribution in [0.5, 0.6) is 0 Å². The van der Waals surface area contributed by atoms with Gasteiger partial charge < -0.3 is 5.11 Å². The minimum Gasteiger partial charge on any atom is -0.480 e. The Kier molecular flexibility index (Phi) is 16.8. The number of aliphatic carboxylic acids is 1. The van der Waals surface area contributed by atoms with Crippen LogP contribution in [-0.2, 0) is 4.79 Å². The summed E-state index contributed by atoms with van der Waals surface area (Å²) >= 11 is 0. The SMILES string of the molecule is CCCCCCCCN(CCCCCCCC)C(CCC)C(=O)O. The van der Waals surface area contributed by atoms with Crippen molar-refractivity contribution in [2.24, 2.45) is 0 Å². The number of hydrogen-bond acceptors (Lipinski definition) is 2. The number of carboxylic acid groups (broad SMARTS) is 1. The van der Waals surface area contributed by atoms with E-state index in [-0.39, 0.29) is 6.04 Å². The Balaban J connectivity index is 4.19. The van der Waals surface area contributed by atoms with Crippen molar-refractivity contribution >= 4 is 5.97 Å². The van der Waals surface area contributed by atoms with Gasteiger partial charge in [0.2, 0.25) is 0 Å². The van der Waals surface area contributed by atoms with Gasteiger partial charge in [-0.2, -0.15) is 0 Å². The van der Waals surface area contributed by atoms with Gasteiger partial charge in [0.15, 0.2) is 0 Å². The molecule has 1 unspecified atom stereocenters. The first-order chi connectivity index (χ1) is 11.7. The summed E-state index contributed by atoms with van der Waals surface area (Å²) in [4.78, 5) is 13.9. The summed E-state index contributed by atoms with van der Waals surface area (Å²) in [5.41, 5.74) is 0. The monoisotopic (exact) mass is 341 g/mol. The fraction of sp³-hybridized carbons (Fsp3) is 0.952. The van der Waals surface area contributed by atoms with E-state index < -0.39 is 5.97 Å². The highest BCUT2D eigenvalue weighted by atomic mass is 16.4. The molecule has 1 N–H and O–H groups in total. The van der Waals surface area contributed by atoms with E-state index in [9.17, 15) is 9.90 Å². The molecule has 0 aromatic heterocycles. The predicted molar refractivity (Wildman–Crippen MR) is 105 cm³/mol. The molecule has 1 atom stereocenters. The Hall–Kier alpha value is -0.570. The normalized spacial score (nSPS) is 12.7. The third kappa shape index (κ3) is 12.8. The maximum Gasteiger partial charge on any atom is 0.320 e. The molecule has 0 radical (unpaired) electrons. The van der Waals surface area contributed by atoms with Gasteiger partial charge in [-0.1, -0.05) is 91.4 Å². The summed E-state index contributed by atoms with van der Waals surface area (Å²) in [6, 6.07) is -0.277. The number of carboxylic acids is 1. The number of carbonyl (C=O) groups is 1. The Morgan fingerprint density at radius 3 is 1.50 bits per heavy atom. The molecule has 0 aliphatic heterocycles. The molecule has 0 aromatic rings. The summed E-state index contributed by atoms with van der Waals surface area (Å²) in [6.45, 7) is 8.48. The third-order valence-corrected chi connectivity index (χ3v) is 4.89. The van der Waals surface area contributed by atoms with E-state index in [1.54, 1.807) is 0 Å². The van der Waals surface area contributed by atoms with Crippen LogP contribution in [-0.4, -0.2) is 35.1 Å². The van der Waals surface area contributed by atoms with Gasteiger partial charge in [0.25, 0.3) is 0 Å². The highest BCUT2D eigenvalue weighted by molar-refractivity contribution is 5.73. The van der Waals surface area contributed by atoms with Crippen molar-refractivity contribution in [3.05, 3.63) is 0 Å². The van der Waals surface area contributed by atoms with Gasteiger partial charge >= 0.3 is 5.97 Å². The lowest BCUT2D eigenvalue weighted by Crippen LogP contribution is -2.42. The molecular formula is C21H43NO2. The Morgan fingerprint density at radius 1 is 0.708 bits per heavy atom. The fourth-order valence-corrected chi connectivity index (χ4v) is 3.35. The molecule has 0 aliphatic carbocycles. The molecule has 0 fully saturated rings. The van der Waals surface area contributed by atoms with Gasteiger partial charge in [0, 0.05) is 0 Å². The van der Waals surface area contributed by atoms with Crippen LogP contribution in [0.15, 0.2) is 0 Å². The molecule has 3 heteroatoms. The smallest absolute Gasteiger partial charge is 0.320 e. The number of unbranched alkanes of at least 4 members (excludes halogenated alkanes) is 10. The highest BCUT2D eigenvalue weighted by Gasteiger charge is 2.23. The van der Waals surface area contributed by atoms with Crippen molar-refractivity contribution < 1.29 is 9.90 Å². The van der Waals surface area contributed by atoms with E-state index in [0.717, 1.165) is 38.8 Å². The lowest BCUT2D eigenvalue weighted by atomic mass is 10.1. The minimum atomic E-state index is -0.631. The second-order valence-corrected chi connectivity index (χ2v) is 7.21. The van der Waals surface area contributed by atoms with Crippen LogP contribution in [0.3, 0.4) is 0 Å². The molecule has 0 aromatic carbocycles. The van der Waals surface area contributed by atoms with E-state index in [1.807, 2.05) is 0 Å². The molecule has 0 heterocycles. The van der Waals surface area contributed by atoms with E-state index in [2.05, 4.69) is 25.7 Å². The van der Waals surface area contributed by atoms with Gasteiger partial charge in [-0.3, -0.25) is 9.69 Å². The fourth-order valence-electron chi connectivity index (χ4n) is 3.35. The van der Waals surface area contributed by atoms with Crippen LogP contribution in [0, 0.1) is 0 Å². The van der Waals surface area contributed by atoms with Gasteiger partial charge in [-0.05, 0) is 32.4 Å². The number of rotatable bonds is 18. The summed E-state index contributed by atoms with van der Waals surface area (Å²) < 4.78 is 0. The van der Waals surface area contributed by atoms with Crippen molar-refractivity contribution in [1.29, 1.82) is 0 Å². The zero-order valence-corrected chi connectivity index (χ0v) is 16.7. The van der Waals surface area contributed by atoms with E-state index in [0.29, 0.717) is 0 Å². The topological polar surface area (TPSA) is 40.5 Å². The third-order valence-electron chi connectivity index (χ3n) is 4.89. The summed E-state index contributed by atoms with van der Waals surface area (Å²) in [5, 5.41) is 9.58. The van der Waals surface area contributed by atoms with Crippen molar-refractivity contribution in [2.45, 2.75) is 117 Å². The minimum absolute atomic E-state index is 0.277. The van der Waals surface area contributed by atoms with Crippen LogP contribution in [0.2, 0.25) is 0 Å². The zero-order chi connectivity index (χ0) is 18.0. The van der Waals surface area contributed by atoms with Crippen molar-refractivity contribution in [1.82, 2.24) is 4.90 Å². The highest BCUT2D eigenvalue weighted by Crippen LogP contribution is 2.14. The van der Waals surface area contributed by atoms with Crippen LogP contribution in [0.1, 0.15) is 111 Å². The second-order valence-electron chi connectivity index (χ2n) is 7.21. The van der Waals surface area contributed by atoms with Crippen molar-refractivity contribution in [2.75, 3.05) is 13.1 Å². The van der Waals surface area contributed by atoms with Crippen molar-refractivity contribution in [3.8, 4) is 0 Å². The van der Waals surface area contributed by atoms with Crippen LogP contribution >= 0.6 is 0 Å². The number of nitrogens with zero attached hydrogens (tertiary/aromatic N) is 1. The lowest BCUT2D eigenvalue weighted by Gasteiger charge is -2.28.